The summed E-state index contributed by atoms with van der Waals surface area (Å²) in [7, 11) is -2.74. The predicted octanol–water partition coefficient (Wildman–Crippen LogP) is 3.65. The molecule has 0 aromatic rings. The minimum Gasteiger partial charge on any atom is -0.820 e. The van der Waals surface area contributed by atoms with Crippen molar-refractivity contribution in [1.29, 1.82) is 0 Å². The highest BCUT2D eigenvalue weighted by atomic mass is 31.2. The van der Waals surface area contributed by atoms with Crippen LogP contribution < -0.4 is 9.79 Å². The molecule has 0 bridgehead atoms. The quantitative estimate of drug-likeness (QED) is 0.404. The molecule has 0 saturated heterocycles. The molecule has 0 N–H and O–H groups in total. The molecule has 0 aromatic carbocycles. The van der Waals surface area contributed by atoms with Crippen LogP contribution in [0.5, 0.6) is 0 Å². The summed E-state index contributed by atoms with van der Waals surface area (Å²) in [5, 5.41) is 0. The third-order valence-corrected chi connectivity index (χ3v) is 4.01. The van der Waals surface area contributed by atoms with Crippen molar-refractivity contribution in [2.45, 2.75) is 90.6 Å². The average Bonchev–Trinajstić information content (AvgIpc) is 2.33. The number of hydrogen-bond acceptors (Lipinski definition) is 3. The van der Waals surface area contributed by atoms with Crippen LogP contribution in [-0.4, -0.2) is 5.60 Å². The average molecular weight is 276 g/mol. The summed E-state index contributed by atoms with van der Waals surface area (Å²) in [5.74, 6) is 0. The number of rotatable bonds is 12. The summed E-state index contributed by atoms with van der Waals surface area (Å²) in [6.07, 6.45) is 10.2. The van der Waals surface area contributed by atoms with Crippen molar-refractivity contribution >= 4 is 8.60 Å². The van der Waals surface area contributed by atoms with Gasteiger partial charge >= 0.3 is 0 Å². The van der Waals surface area contributed by atoms with Crippen LogP contribution in [-0.2, 0) is 4.52 Å². The smallest absolute Gasteiger partial charge is 0.0692 e. The Morgan fingerprint density at radius 2 is 1.22 bits per heavy atom. The van der Waals surface area contributed by atoms with Gasteiger partial charge in [0, 0.05) is 0 Å². The van der Waals surface area contributed by atoms with Crippen molar-refractivity contribution in [3.05, 3.63) is 0 Å². The molecule has 0 radical (unpaired) electrons. The maximum absolute atomic E-state index is 11.0. The molecule has 0 aliphatic rings. The van der Waals surface area contributed by atoms with Gasteiger partial charge in [0.2, 0.25) is 0 Å². The monoisotopic (exact) mass is 276 g/mol. The first-order chi connectivity index (χ1) is 8.60. The van der Waals surface area contributed by atoms with E-state index in [4.69, 9.17) is 4.52 Å². The summed E-state index contributed by atoms with van der Waals surface area (Å²) in [4.78, 5) is 22.0. The minimum atomic E-state index is -2.74. The molecule has 0 saturated carbocycles. The van der Waals surface area contributed by atoms with Gasteiger partial charge in [0.05, 0.1) is 5.60 Å². The minimum absolute atomic E-state index is 0.420. The summed E-state index contributed by atoms with van der Waals surface area (Å²) in [6, 6.07) is 0. The molecule has 0 atom stereocenters. The predicted molar refractivity (Wildman–Crippen MR) is 73.9 cm³/mol. The molecule has 0 aliphatic carbocycles. The molecule has 0 amide bonds. The molecule has 0 heterocycles. The Kier molecular flexibility index (Phi) is 11.4. The third-order valence-electron chi connectivity index (χ3n) is 3.48. The first-order valence-corrected chi connectivity index (χ1v) is 8.53. The fraction of sp³-hybridized carbons (Fsp3) is 1.00. The SMILES string of the molecule is CCCCCC(CCCC)(CCCC)OP([O-])[O-]. The molecule has 0 fully saturated rings. The van der Waals surface area contributed by atoms with Crippen LogP contribution in [0.25, 0.3) is 0 Å². The van der Waals surface area contributed by atoms with Crippen molar-refractivity contribution in [3.63, 3.8) is 0 Å². The Hall–Kier alpha value is 0.310. The lowest BCUT2D eigenvalue weighted by Gasteiger charge is -2.44. The van der Waals surface area contributed by atoms with Gasteiger partial charge in [0.15, 0.2) is 0 Å². The van der Waals surface area contributed by atoms with E-state index in [1.165, 1.54) is 0 Å². The second kappa shape index (κ2) is 11.2. The van der Waals surface area contributed by atoms with E-state index in [0.717, 1.165) is 64.2 Å². The Morgan fingerprint density at radius 3 is 1.61 bits per heavy atom. The van der Waals surface area contributed by atoms with Crippen molar-refractivity contribution in [2.75, 3.05) is 0 Å². The fourth-order valence-electron chi connectivity index (χ4n) is 2.37. The largest absolute Gasteiger partial charge is 0.820 e. The first kappa shape index (κ1) is 18.3. The molecular formula is C14H29O3P-2. The van der Waals surface area contributed by atoms with Crippen LogP contribution in [0.2, 0.25) is 0 Å². The zero-order valence-corrected chi connectivity index (χ0v) is 13.1. The van der Waals surface area contributed by atoms with Gasteiger partial charge in [0.25, 0.3) is 0 Å². The lowest BCUT2D eigenvalue weighted by Crippen LogP contribution is -2.34. The van der Waals surface area contributed by atoms with E-state index in [1.807, 2.05) is 0 Å². The van der Waals surface area contributed by atoms with Crippen molar-refractivity contribution in [1.82, 2.24) is 0 Å². The summed E-state index contributed by atoms with van der Waals surface area (Å²) < 4.78 is 5.34. The second-order valence-electron chi connectivity index (χ2n) is 5.16. The lowest BCUT2D eigenvalue weighted by molar-refractivity contribution is -0.327. The Bertz CT molecular complexity index is 178. The van der Waals surface area contributed by atoms with E-state index in [9.17, 15) is 9.79 Å². The highest BCUT2D eigenvalue weighted by Crippen LogP contribution is 2.38. The van der Waals surface area contributed by atoms with Crippen LogP contribution in [0.3, 0.4) is 0 Å². The van der Waals surface area contributed by atoms with E-state index in [-0.39, 0.29) is 0 Å². The Balaban J connectivity index is 4.51. The normalized spacial score (nSPS) is 12.3. The third kappa shape index (κ3) is 8.42. The molecule has 0 aromatic heterocycles. The Morgan fingerprint density at radius 1 is 0.778 bits per heavy atom. The van der Waals surface area contributed by atoms with Crippen molar-refractivity contribution < 1.29 is 14.3 Å². The van der Waals surface area contributed by atoms with Gasteiger partial charge in [0.1, 0.15) is 0 Å². The standard InChI is InChI=1S/C14H29O3P/c1-4-7-10-13-14(11-8-5-2,12-9-6-3)17-18(15)16/h4-13H2,1-3H3/q-2. The zero-order chi connectivity index (χ0) is 13.9. The lowest BCUT2D eigenvalue weighted by atomic mass is 9.86. The van der Waals surface area contributed by atoms with E-state index in [2.05, 4.69) is 20.8 Å². The van der Waals surface area contributed by atoms with Gasteiger partial charge in [-0.3, -0.25) is 0 Å². The molecule has 0 rings (SSSR count). The molecule has 18 heavy (non-hydrogen) atoms. The van der Waals surface area contributed by atoms with Gasteiger partial charge < -0.3 is 14.3 Å². The summed E-state index contributed by atoms with van der Waals surface area (Å²) in [6.45, 7) is 6.43. The molecule has 4 heteroatoms. The maximum Gasteiger partial charge on any atom is 0.0692 e. The second-order valence-corrected chi connectivity index (χ2v) is 5.79. The van der Waals surface area contributed by atoms with Crippen LogP contribution in [0.15, 0.2) is 0 Å². The van der Waals surface area contributed by atoms with Gasteiger partial charge in [-0.2, -0.15) is 8.60 Å². The van der Waals surface area contributed by atoms with Crippen LogP contribution in [0.1, 0.15) is 85.0 Å². The summed E-state index contributed by atoms with van der Waals surface area (Å²) in [5.41, 5.74) is -0.420. The topological polar surface area (TPSA) is 55.3 Å². The van der Waals surface area contributed by atoms with Gasteiger partial charge in [-0.25, -0.2) is 0 Å². The maximum atomic E-state index is 11.0. The zero-order valence-electron chi connectivity index (χ0n) is 12.2. The van der Waals surface area contributed by atoms with Crippen LogP contribution >= 0.6 is 8.60 Å². The van der Waals surface area contributed by atoms with E-state index < -0.39 is 14.2 Å². The first-order valence-electron chi connectivity index (χ1n) is 7.43. The molecule has 0 unspecified atom stereocenters. The summed E-state index contributed by atoms with van der Waals surface area (Å²) >= 11 is 0. The van der Waals surface area contributed by atoms with E-state index >= 15 is 0 Å². The number of unbranched alkanes of at least 4 members (excludes halogenated alkanes) is 4. The van der Waals surface area contributed by atoms with Gasteiger partial charge in [-0.05, 0) is 19.3 Å². The van der Waals surface area contributed by atoms with E-state index in [1.54, 1.807) is 0 Å². The highest BCUT2D eigenvalue weighted by Gasteiger charge is 2.28. The molecule has 0 aliphatic heterocycles. The molecule has 0 spiro atoms. The van der Waals surface area contributed by atoms with E-state index in [0.29, 0.717) is 0 Å². The Labute approximate surface area is 114 Å². The molecular weight excluding hydrogens is 247 g/mol. The van der Waals surface area contributed by atoms with Gasteiger partial charge in [-0.15, -0.1) is 0 Å². The van der Waals surface area contributed by atoms with Gasteiger partial charge in [-0.1, -0.05) is 65.7 Å². The highest BCUT2D eigenvalue weighted by molar-refractivity contribution is 7.36. The van der Waals surface area contributed by atoms with Crippen molar-refractivity contribution in [2.24, 2.45) is 0 Å². The molecule has 3 nitrogen and oxygen atoms in total. The van der Waals surface area contributed by atoms with Crippen molar-refractivity contribution in [3.8, 4) is 0 Å². The fourth-order valence-corrected chi connectivity index (χ4v) is 2.96. The van der Waals surface area contributed by atoms with Crippen LogP contribution in [0.4, 0.5) is 0 Å². The molecule has 110 valence electrons. The van der Waals surface area contributed by atoms with Crippen LogP contribution in [0, 0.1) is 0 Å². The number of hydrogen-bond donors (Lipinski definition) is 0.